The highest BCUT2D eigenvalue weighted by atomic mass is 35.5. The van der Waals surface area contributed by atoms with Gasteiger partial charge >= 0.3 is 6.01 Å². The lowest BCUT2D eigenvalue weighted by molar-refractivity contribution is 0.377. The normalized spacial score (nSPS) is 10.6. The third kappa shape index (κ3) is 2.60. The van der Waals surface area contributed by atoms with Crippen LogP contribution < -0.4 is 10.1 Å². The molecular formula is C11H15ClN6O. The van der Waals surface area contributed by atoms with Crippen molar-refractivity contribution in [1.29, 1.82) is 0 Å². The minimum atomic E-state index is 0.227. The van der Waals surface area contributed by atoms with Crippen LogP contribution in [0.5, 0.6) is 6.01 Å². The molecule has 102 valence electrons. The Morgan fingerprint density at radius 3 is 2.53 bits per heavy atom. The highest BCUT2D eigenvalue weighted by Crippen LogP contribution is 2.21. The van der Waals surface area contributed by atoms with Crippen LogP contribution >= 0.6 is 11.6 Å². The average molecular weight is 283 g/mol. The maximum absolute atomic E-state index is 6.12. The van der Waals surface area contributed by atoms with E-state index in [-0.39, 0.29) is 6.01 Å². The van der Waals surface area contributed by atoms with E-state index >= 15 is 0 Å². The summed E-state index contributed by atoms with van der Waals surface area (Å²) in [5.74, 6) is 0.809. The predicted octanol–water partition coefficient (Wildman–Crippen LogP) is 1.77. The van der Waals surface area contributed by atoms with Crippen molar-refractivity contribution in [3.8, 4) is 12.0 Å². The number of rotatable bonds is 4. The first kappa shape index (κ1) is 13.5. The van der Waals surface area contributed by atoms with Crippen molar-refractivity contribution in [3.63, 3.8) is 0 Å². The zero-order valence-electron chi connectivity index (χ0n) is 11.2. The summed E-state index contributed by atoms with van der Waals surface area (Å²) in [7, 11) is 1.50. The van der Waals surface area contributed by atoms with E-state index in [2.05, 4.69) is 25.4 Å². The van der Waals surface area contributed by atoms with Crippen LogP contribution in [0.25, 0.3) is 5.95 Å². The fourth-order valence-corrected chi connectivity index (χ4v) is 1.71. The van der Waals surface area contributed by atoms with Gasteiger partial charge in [0.1, 0.15) is 0 Å². The molecule has 0 aliphatic carbocycles. The number of ether oxygens (including phenoxy) is 1. The highest BCUT2D eigenvalue weighted by molar-refractivity contribution is 6.31. The largest absolute Gasteiger partial charge is 0.467 e. The van der Waals surface area contributed by atoms with Crippen LogP contribution in [0.3, 0.4) is 0 Å². The summed E-state index contributed by atoms with van der Waals surface area (Å²) < 4.78 is 6.64. The van der Waals surface area contributed by atoms with E-state index in [1.54, 1.807) is 4.68 Å². The van der Waals surface area contributed by atoms with Gasteiger partial charge in [-0.15, -0.1) is 0 Å². The number of aromatic nitrogens is 5. The quantitative estimate of drug-likeness (QED) is 0.921. The van der Waals surface area contributed by atoms with Crippen LogP contribution in [0.1, 0.15) is 18.3 Å². The number of aryl methyl sites for hydroxylation is 1. The third-order valence-corrected chi connectivity index (χ3v) is 3.06. The minimum absolute atomic E-state index is 0.227. The molecule has 2 heterocycles. The lowest BCUT2D eigenvalue weighted by atomic mass is 10.4. The molecule has 0 atom stereocenters. The number of anilines is 1. The van der Waals surface area contributed by atoms with Gasteiger partial charge in [-0.3, -0.25) is 0 Å². The molecule has 0 bridgehead atoms. The van der Waals surface area contributed by atoms with Gasteiger partial charge in [0, 0.05) is 6.54 Å². The van der Waals surface area contributed by atoms with Gasteiger partial charge in [-0.1, -0.05) is 11.6 Å². The fraction of sp³-hybridized carbons (Fsp3) is 0.455. The molecule has 0 aliphatic rings. The molecule has 0 aliphatic heterocycles. The Morgan fingerprint density at radius 2 is 2.00 bits per heavy atom. The molecule has 0 unspecified atom stereocenters. The van der Waals surface area contributed by atoms with Crippen LogP contribution in [-0.4, -0.2) is 38.4 Å². The van der Waals surface area contributed by atoms with Gasteiger partial charge < -0.3 is 10.1 Å². The molecule has 0 saturated carbocycles. The zero-order valence-corrected chi connectivity index (χ0v) is 12.0. The van der Waals surface area contributed by atoms with E-state index in [4.69, 9.17) is 16.3 Å². The summed E-state index contributed by atoms with van der Waals surface area (Å²) in [5, 5.41) is 7.92. The van der Waals surface area contributed by atoms with Crippen molar-refractivity contribution in [1.82, 2.24) is 24.7 Å². The first-order chi connectivity index (χ1) is 9.06. The number of hydrogen-bond donors (Lipinski definition) is 1. The number of hydrogen-bond acceptors (Lipinski definition) is 6. The smallest absolute Gasteiger partial charge is 0.322 e. The monoisotopic (exact) mass is 282 g/mol. The molecule has 0 amide bonds. The Labute approximate surface area is 116 Å². The summed E-state index contributed by atoms with van der Waals surface area (Å²) in [4.78, 5) is 12.6. The van der Waals surface area contributed by atoms with Crippen molar-refractivity contribution >= 4 is 17.5 Å². The molecule has 2 aromatic rings. The van der Waals surface area contributed by atoms with Crippen molar-refractivity contribution in [2.24, 2.45) is 0 Å². The second-order valence-electron chi connectivity index (χ2n) is 3.87. The Balaban J connectivity index is 2.54. The van der Waals surface area contributed by atoms with Gasteiger partial charge in [-0.2, -0.15) is 20.1 Å². The van der Waals surface area contributed by atoms with Crippen LogP contribution in [0, 0.1) is 13.8 Å². The molecule has 2 rings (SSSR count). The van der Waals surface area contributed by atoms with Gasteiger partial charge in [0.15, 0.2) is 0 Å². The molecule has 7 nitrogen and oxygen atoms in total. The lowest BCUT2D eigenvalue weighted by Gasteiger charge is -2.07. The number of methoxy groups -OCH3 is 1. The minimum Gasteiger partial charge on any atom is -0.467 e. The average Bonchev–Trinajstić information content (AvgIpc) is 2.66. The van der Waals surface area contributed by atoms with Gasteiger partial charge in [-0.25, -0.2) is 4.68 Å². The van der Waals surface area contributed by atoms with E-state index in [0.717, 1.165) is 11.4 Å². The molecule has 8 heteroatoms. The Kier molecular flexibility index (Phi) is 3.84. The molecular weight excluding hydrogens is 268 g/mol. The highest BCUT2D eigenvalue weighted by Gasteiger charge is 2.15. The summed E-state index contributed by atoms with van der Waals surface area (Å²) in [6.45, 7) is 6.33. The SMILES string of the molecule is CCNc1nc(OC)nc(-n2nc(C)c(Cl)c2C)n1. The number of halogens is 1. The van der Waals surface area contributed by atoms with Gasteiger partial charge in [-0.05, 0) is 20.8 Å². The van der Waals surface area contributed by atoms with Crippen LogP contribution in [0.2, 0.25) is 5.02 Å². The van der Waals surface area contributed by atoms with Crippen molar-refractivity contribution in [2.45, 2.75) is 20.8 Å². The molecule has 2 aromatic heterocycles. The van der Waals surface area contributed by atoms with Crippen molar-refractivity contribution in [2.75, 3.05) is 19.0 Å². The van der Waals surface area contributed by atoms with Gasteiger partial charge in [0.05, 0.1) is 23.5 Å². The third-order valence-electron chi connectivity index (χ3n) is 2.51. The van der Waals surface area contributed by atoms with Crippen molar-refractivity contribution < 1.29 is 4.74 Å². The fourth-order valence-electron chi connectivity index (χ4n) is 1.59. The second-order valence-corrected chi connectivity index (χ2v) is 4.25. The summed E-state index contributed by atoms with van der Waals surface area (Å²) in [6.07, 6.45) is 0. The maximum Gasteiger partial charge on any atom is 0.322 e. The topological polar surface area (TPSA) is 77.8 Å². The Hall–Kier alpha value is -1.89. The first-order valence-electron chi connectivity index (χ1n) is 5.82. The number of nitrogens with one attached hydrogen (secondary N) is 1. The number of nitrogens with zero attached hydrogens (tertiary/aromatic N) is 5. The Morgan fingerprint density at radius 1 is 1.26 bits per heavy atom. The summed E-state index contributed by atoms with van der Waals surface area (Å²) in [5.41, 5.74) is 1.50. The van der Waals surface area contributed by atoms with Crippen LogP contribution in [-0.2, 0) is 0 Å². The Bertz CT molecular complexity index is 597. The molecule has 1 N–H and O–H groups in total. The molecule has 0 radical (unpaired) electrons. The maximum atomic E-state index is 6.12. The van der Waals surface area contributed by atoms with E-state index in [0.29, 0.717) is 23.5 Å². The molecule has 19 heavy (non-hydrogen) atoms. The van der Waals surface area contributed by atoms with Crippen molar-refractivity contribution in [3.05, 3.63) is 16.4 Å². The predicted molar refractivity (Wildman–Crippen MR) is 72.1 cm³/mol. The van der Waals surface area contributed by atoms with E-state index < -0.39 is 0 Å². The summed E-state index contributed by atoms with van der Waals surface area (Å²) >= 11 is 6.12. The second kappa shape index (κ2) is 5.40. The van der Waals surface area contributed by atoms with Crippen LogP contribution in [0.4, 0.5) is 5.95 Å². The van der Waals surface area contributed by atoms with E-state index in [9.17, 15) is 0 Å². The molecule has 0 saturated heterocycles. The molecule has 0 fully saturated rings. The van der Waals surface area contributed by atoms with Gasteiger partial charge in [0.25, 0.3) is 5.95 Å². The van der Waals surface area contributed by atoms with E-state index in [1.807, 2.05) is 20.8 Å². The lowest BCUT2D eigenvalue weighted by Crippen LogP contribution is -2.11. The molecule has 0 spiro atoms. The van der Waals surface area contributed by atoms with E-state index in [1.165, 1.54) is 7.11 Å². The first-order valence-corrected chi connectivity index (χ1v) is 6.20. The van der Waals surface area contributed by atoms with Crippen LogP contribution in [0.15, 0.2) is 0 Å². The van der Waals surface area contributed by atoms with Gasteiger partial charge in [0.2, 0.25) is 5.95 Å². The molecule has 0 aromatic carbocycles. The standard InChI is InChI=1S/C11H15ClN6O/c1-5-13-9-14-10(16-11(15-9)19-4)18-7(3)8(12)6(2)17-18/h5H2,1-4H3,(H,13,14,15,16). The zero-order chi connectivity index (χ0) is 14.0. The summed E-state index contributed by atoms with van der Waals surface area (Å²) in [6, 6.07) is 0.227.